The van der Waals surface area contributed by atoms with Crippen LogP contribution in [0.3, 0.4) is 0 Å². The quantitative estimate of drug-likeness (QED) is 0.597. The molecule has 0 aromatic heterocycles. The van der Waals surface area contributed by atoms with Gasteiger partial charge in [-0.15, -0.1) is 0 Å². The van der Waals surface area contributed by atoms with Gasteiger partial charge in [0.15, 0.2) is 0 Å². The smallest absolute Gasteiger partial charge is 0.471 e. The van der Waals surface area contributed by atoms with Crippen LogP contribution < -0.4 is 11.1 Å². The molecule has 0 radical (unpaired) electrons. The molecule has 6 nitrogen and oxygen atoms in total. The Balaban J connectivity index is 4.41. The summed E-state index contributed by atoms with van der Waals surface area (Å²) >= 11 is 0. The molecule has 0 fully saturated rings. The fourth-order valence-electron chi connectivity index (χ4n) is 0.784. The molecular weight excluding hydrogens is 233 g/mol. The second-order valence-corrected chi connectivity index (χ2v) is 2.87. The van der Waals surface area contributed by atoms with E-state index < -0.39 is 42.8 Å². The largest absolute Gasteiger partial charge is 0.480 e. The van der Waals surface area contributed by atoms with Crippen molar-refractivity contribution in [3.8, 4) is 0 Å². The third kappa shape index (κ3) is 5.17. The summed E-state index contributed by atoms with van der Waals surface area (Å²) in [5.74, 6) is -4.91. The molecular formula is C7H9F3N2O4. The fraction of sp³-hybridized carbons (Fsp3) is 0.571. The molecule has 1 atom stereocenters. The first-order chi connectivity index (χ1) is 7.14. The molecule has 0 saturated carbocycles. The van der Waals surface area contributed by atoms with E-state index in [9.17, 15) is 27.6 Å². The molecule has 0 aromatic rings. The number of nitrogens with two attached hydrogens (primary N) is 1. The Morgan fingerprint density at radius 3 is 2.12 bits per heavy atom. The first kappa shape index (κ1) is 14.2. The Hall–Kier alpha value is -1.80. The Morgan fingerprint density at radius 2 is 1.81 bits per heavy atom. The van der Waals surface area contributed by atoms with Crippen LogP contribution in [0.1, 0.15) is 12.8 Å². The maximum atomic E-state index is 11.8. The summed E-state index contributed by atoms with van der Waals surface area (Å²) < 4.78 is 35.3. The lowest BCUT2D eigenvalue weighted by Crippen LogP contribution is -2.47. The Labute approximate surface area is 87.6 Å². The van der Waals surface area contributed by atoms with Gasteiger partial charge in [0.1, 0.15) is 6.04 Å². The summed E-state index contributed by atoms with van der Waals surface area (Å²) in [6.45, 7) is 0. The van der Waals surface area contributed by atoms with Gasteiger partial charge in [-0.05, 0) is 6.42 Å². The van der Waals surface area contributed by atoms with Crippen molar-refractivity contribution in [3.63, 3.8) is 0 Å². The van der Waals surface area contributed by atoms with E-state index in [-0.39, 0.29) is 0 Å². The Kier molecular flexibility index (Phi) is 4.73. The lowest BCUT2D eigenvalue weighted by atomic mass is 10.1. The summed E-state index contributed by atoms with van der Waals surface area (Å²) in [5.41, 5.74) is 4.69. The molecule has 16 heavy (non-hydrogen) atoms. The van der Waals surface area contributed by atoms with E-state index in [0.29, 0.717) is 0 Å². The second-order valence-electron chi connectivity index (χ2n) is 2.87. The first-order valence-corrected chi connectivity index (χ1v) is 4.03. The predicted molar refractivity (Wildman–Crippen MR) is 44.0 cm³/mol. The number of carboxylic acid groups (broad SMARTS) is 1. The van der Waals surface area contributed by atoms with Crippen LogP contribution in [-0.2, 0) is 14.4 Å². The van der Waals surface area contributed by atoms with Crippen molar-refractivity contribution in [1.82, 2.24) is 5.32 Å². The number of alkyl halides is 3. The van der Waals surface area contributed by atoms with E-state index in [1.807, 2.05) is 0 Å². The minimum absolute atomic E-state index is 0.435. The molecule has 0 saturated heterocycles. The van der Waals surface area contributed by atoms with Crippen LogP contribution in [0, 0.1) is 0 Å². The van der Waals surface area contributed by atoms with E-state index >= 15 is 0 Å². The number of hydrogen-bond acceptors (Lipinski definition) is 3. The fourth-order valence-corrected chi connectivity index (χ4v) is 0.784. The van der Waals surface area contributed by atoms with Crippen LogP contribution in [0.4, 0.5) is 13.2 Å². The number of rotatable bonds is 5. The van der Waals surface area contributed by atoms with E-state index in [1.54, 1.807) is 0 Å². The number of nitrogens with one attached hydrogen (secondary N) is 1. The number of aliphatic carboxylic acids is 1. The average Bonchev–Trinajstić information content (AvgIpc) is 2.09. The van der Waals surface area contributed by atoms with Crippen molar-refractivity contribution in [3.05, 3.63) is 0 Å². The van der Waals surface area contributed by atoms with Crippen molar-refractivity contribution in [1.29, 1.82) is 0 Å². The van der Waals surface area contributed by atoms with E-state index in [1.165, 1.54) is 5.32 Å². The molecule has 0 aliphatic heterocycles. The summed E-state index contributed by atoms with van der Waals surface area (Å²) in [5, 5.41) is 9.71. The second kappa shape index (κ2) is 5.33. The average molecular weight is 242 g/mol. The van der Waals surface area contributed by atoms with Crippen LogP contribution in [-0.4, -0.2) is 35.1 Å². The van der Waals surface area contributed by atoms with Crippen molar-refractivity contribution in [2.75, 3.05) is 0 Å². The van der Waals surface area contributed by atoms with Gasteiger partial charge in [0.25, 0.3) is 0 Å². The third-order valence-electron chi connectivity index (χ3n) is 1.54. The highest BCUT2D eigenvalue weighted by molar-refractivity contribution is 5.87. The predicted octanol–water partition coefficient (Wildman–Crippen LogP) is -0.616. The molecule has 0 aromatic carbocycles. The van der Waals surface area contributed by atoms with Crippen molar-refractivity contribution in [2.45, 2.75) is 25.1 Å². The Bertz CT molecular complexity index is 302. The SMILES string of the molecule is NC(=O)CCC(NC(=O)C(F)(F)F)C(=O)O. The summed E-state index contributed by atoms with van der Waals surface area (Å²) in [7, 11) is 0. The minimum Gasteiger partial charge on any atom is -0.480 e. The van der Waals surface area contributed by atoms with Gasteiger partial charge in [0, 0.05) is 6.42 Å². The van der Waals surface area contributed by atoms with Gasteiger partial charge < -0.3 is 16.2 Å². The van der Waals surface area contributed by atoms with Gasteiger partial charge in [-0.25, -0.2) is 4.79 Å². The zero-order valence-corrected chi connectivity index (χ0v) is 7.87. The lowest BCUT2D eigenvalue weighted by molar-refractivity contribution is -0.175. The lowest BCUT2D eigenvalue weighted by Gasteiger charge is -2.14. The standard InChI is InChI=1S/C7H9F3N2O4/c8-7(9,10)6(16)12-3(5(14)15)1-2-4(11)13/h3H,1-2H2,(H2,11,13)(H,12,16)(H,14,15). The van der Waals surface area contributed by atoms with Crippen molar-refractivity contribution in [2.24, 2.45) is 5.73 Å². The molecule has 0 aliphatic carbocycles. The zero-order valence-electron chi connectivity index (χ0n) is 7.87. The van der Waals surface area contributed by atoms with Crippen LogP contribution in [0.15, 0.2) is 0 Å². The summed E-state index contributed by atoms with van der Waals surface area (Å²) in [6, 6.07) is -1.79. The van der Waals surface area contributed by atoms with E-state index in [2.05, 4.69) is 0 Å². The highest BCUT2D eigenvalue weighted by atomic mass is 19.4. The third-order valence-corrected chi connectivity index (χ3v) is 1.54. The van der Waals surface area contributed by atoms with Crippen LogP contribution in [0.2, 0.25) is 0 Å². The van der Waals surface area contributed by atoms with Gasteiger partial charge in [-0.1, -0.05) is 0 Å². The molecule has 4 N–H and O–H groups in total. The van der Waals surface area contributed by atoms with Crippen molar-refractivity contribution >= 4 is 17.8 Å². The van der Waals surface area contributed by atoms with Gasteiger partial charge in [-0.2, -0.15) is 13.2 Å². The highest BCUT2D eigenvalue weighted by Gasteiger charge is 2.40. The van der Waals surface area contributed by atoms with Crippen LogP contribution in [0.5, 0.6) is 0 Å². The first-order valence-electron chi connectivity index (χ1n) is 4.03. The maximum Gasteiger partial charge on any atom is 0.471 e. The van der Waals surface area contributed by atoms with Crippen LogP contribution >= 0.6 is 0 Å². The molecule has 0 aliphatic rings. The highest BCUT2D eigenvalue weighted by Crippen LogP contribution is 2.15. The molecule has 0 spiro atoms. The Morgan fingerprint density at radius 1 is 1.31 bits per heavy atom. The minimum atomic E-state index is -5.17. The van der Waals surface area contributed by atoms with E-state index in [4.69, 9.17) is 10.8 Å². The number of primary amides is 1. The number of carbonyl (C=O) groups is 3. The molecule has 92 valence electrons. The molecule has 2 amide bonds. The number of carbonyl (C=O) groups excluding carboxylic acids is 2. The molecule has 0 heterocycles. The molecule has 9 heteroatoms. The number of carboxylic acids is 1. The molecule has 1 unspecified atom stereocenters. The summed E-state index contributed by atoms with van der Waals surface area (Å²) in [4.78, 5) is 31.2. The zero-order chi connectivity index (χ0) is 12.9. The number of halogens is 3. The molecule has 0 rings (SSSR count). The van der Waals surface area contributed by atoms with E-state index in [0.717, 1.165) is 0 Å². The maximum absolute atomic E-state index is 11.8. The molecule has 0 bridgehead atoms. The normalized spacial score (nSPS) is 12.9. The van der Waals surface area contributed by atoms with Crippen molar-refractivity contribution < 1.29 is 32.7 Å². The monoisotopic (exact) mass is 242 g/mol. The van der Waals surface area contributed by atoms with Gasteiger partial charge >= 0.3 is 18.1 Å². The summed E-state index contributed by atoms with van der Waals surface area (Å²) in [6.07, 6.45) is -6.10. The number of amides is 2. The number of hydrogen-bond donors (Lipinski definition) is 3. The van der Waals surface area contributed by atoms with Gasteiger partial charge in [0.2, 0.25) is 5.91 Å². The van der Waals surface area contributed by atoms with Gasteiger partial charge in [-0.3, -0.25) is 9.59 Å². The topological polar surface area (TPSA) is 109 Å². The van der Waals surface area contributed by atoms with Crippen LogP contribution in [0.25, 0.3) is 0 Å². The van der Waals surface area contributed by atoms with Gasteiger partial charge in [0.05, 0.1) is 0 Å².